The van der Waals surface area contributed by atoms with Gasteiger partial charge in [-0.3, -0.25) is 4.79 Å². The van der Waals surface area contributed by atoms with Gasteiger partial charge < -0.3 is 0 Å². The second-order valence-corrected chi connectivity index (χ2v) is 3.97. The highest BCUT2D eigenvalue weighted by molar-refractivity contribution is 9.10. The van der Waals surface area contributed by atoms with Crippen molar-refractivity contribution in [2.24, 2.45) is 0 Å². The van der Waals surface area contributed by atoms with E-state index in [0.717, 1.165) is 18.5 Å². The zero-order chi connectivity index (χ0) is 8.72. The molecule has 0 radical (unpaired) electrons. The lowest BCUT2D eigenvalue weighted by molar-refractivity contribution is 0.586. The molecule has 0 N–H and O–H groups in total. The SMILES string of the molecule is Cc1cc(Br)c(=O)n(C2CC2)n1. The first-order chi connectivity index (χ1) is 5.68. The monoisotopic (exact) mass is 228 g/mol. The standard InChI is InChI=1S/C8H9BrN2O/c1-5-4-7(9)8(12)11(10-5)6-2-3-6/h4,6H,2-3H2,1H3. The Morgan fingerprint density at radius 3 is 2.92 bits per heavy atom. The molecule has 1 aromatic heterocycles. The largest absolute Gasteiger partial charge is 0.281 e. The van der Waals surface area contributed by atoms with Crippen LogP contribution >= 0.6 is 15.9 Å². The van der Waals surface area contributed by atoms with Gasteiger partial charge in [0.05, 0.1) is 16.2 Å². The summed E-state index contributed by atoms with van der Waals surface area (Å²) in [7, 11) is 0. The second-order valence-electron chi connectivity index (χ2n) is 3.11. The zero-order valence-corrected chi connectivity index (χ0v) is 8.34. The van der Waals surface area contributed by atoms with Gasteiger partial charge >= 0.3 is 0 Å². The Labute approximate surface area is 78.5 Å². The van der Waals surface area contributed by atoms with Crippen LogP contribution in [0.5, 0.6) is 0 Å². The predicted molar refractivity (Wildman–Crippen MR) is 49.2 cm³/mol. The van der Waals surface area contributed by atoms with Gasteiger partial charge in [-0.05, 0) is 41.8 Å². The Morgan fingerprint density at radius 1 is 1.67 bits per heavy atom. The molecule has 64 valence electrons. The maximum absolute atomic E-state index is 11.5. The fourth-order valence-electron chi connectivity index (χ4n) is 1.17. The summed E-state index contributed by atoms with van der Waals surface area (Å²) in [6.45, 7) is 1.89. The Kier molecular flexibility index (Phi) is 1.79. The summed E-state index contributed by atoms with van der Waals surface area (Å²) < 4.78 is 2.20. The number of aromatic nitrogens is 2. The third kappa shape index (κ3) is 1.31. The molecule has 0 aromatic carbocycles. The van der Waals surface area contributed by atoms with E-state index < -0.39 is 0 Å². The van der Waals surface area contributed by atoms with E-state index in [2.05, 4.69) is 21.0 Å². The van der Waals surface area contributed by atoms with Crippen LogP contribution < -0.4 is 5.56 Å². The first-order valence-electron chi connectivity index (χ1n) is 3.94. The van der Waals surface area contributed by atoms with Crippen LogP contribution in [-0.2, 0) is 0 Å². The average Bonchev–Trinajstić information content (AvgIpc) is 2.79. The first-order valence-corrected chi connectivity index (χ1v) is 4.74. The fraction of sp³-hybridized carbons (Fsp3) is 0.500. The minimum atomic E-state index is -0.0110. The van der Waals surface area contributed by atoms with E-state index in [1.807, 2.05) is 6.92 Å². The number of nitrogens with zero attached hydrogens (tertiary/aromatic N) is 2. The molecule has 0 saturated heterocycles. The summed E-state index contributed by atoms with van der Waals surface area (Å²) in [6, 6.07) is 2.11. The van der Waals surface area contributed by atoms with E-state index in [-0.39, 0.29) is 5.56 Å². The maximum Gasteiger partial charge on any atom is 0.281 e. The molecule has 0 unspecified atom stereocenters. The van der Waals surface area contributed by atoms with Crippen LogP contribution in [0.4, 0.5) is 0 Å². The van der Waals surface area contributed by atoms with E-state index in [9.17, 15) is 4.79 Å². The summed E-state index contributed by atoms with van der Waals surface area (Å²) >= 11 is 3.22. The molecule has 1 aromatic rings. The molecule has 12 heavy (non-hydrogen) atoms. The van der Waals surface area contributed by atoms with Crippen molar-refractivity contribution in [2.75, 3.05) is 0 Å². The molecular weight excluding hydrogens is 220 g/mol. The molecule has 1 aliphatic rings. The van der Waals surface area contributed by atoms with Crippen LogP contribution in [0.2, 0.25) is 0 Å². The number of hydrogen-bond acceptors (Lipinski definition) is 2. The highest BCUT2D eigenvalue weighted by Gasteiger charge is 2.26. The molecular formula is C8H9BrN2O. The van der Waals surface area contributed by atoms with Crippen molar-refractivity contribution in [3.63, 3.8) is 0 Å². The third-order valence-corrected chi connectivity index (χ3v) is 2.47. The van der Waals surface area contributed by atoms with Gasteiger partial charge in [-0.2, -0.15) is 5.10 Å². The lowest BCUT2D eigenvalue weighted by Gasteiger charge is -2.03. The maximum atomic E-state index is 11.5. The second kappa shape index (κ2) is 2.69. The average molecular weight is 229 g/mol. The van der Waals surface area contributed by atoms with Gasteiger partial charge in [0.2, 0.25) is 0 Å². The Balaban J connectivity index is 2.58. The summed E-state index contributed by atoms with van der Waals surface area (Å²) in [4.78, 5) is 11.5. The van der Waals surface area contributed by atoms with Crippen molar-refractivity contribution in [1.29, 1.82) is 0 Å². The molecule has 0 spiro atoms. The molecule has 0 amide bonds. The third-order valence-electron chi connectivity index (χ3n) is 1.91. The van der Waals surface area contributed by atoms with Crippen molar-refractivity contribution < 1.29 is 0 Å². The minimum absolute atomic E-state index is 0.0110. The van der Waals surface area contributed by atoms with Crippen LogP contribution in [0.1, 0.15) is 24.6 Å². The lowest BCUT2D eigenvalue weighted by atomic mass is 10.4. The molecule has 1 heterocycles. The quantitative estimate of drug-likeness (QED) is 0.733. The highest BCUT2D eigenvalue weighted by Crippen LogP contribution is 2.32. The summed E-state index contributed by atoms with van der Waals surface area (Å²) in [5, 5.41) is 4.17. The van der Waals surface area contributed by atoms with Gasteiger partial charge in [0.15, 0.2) is 0 Å². The van der Waals surface area contributed by atoms with Crippen LogP contribution in [0.15, 0.2) is 15.3 Å². The lowest BCUT2D eigenvalue weighted by Crippen LogP contribution is -2.22. The van der Waals surface area contributed by atoms with Crippen molar-refractivity contribution >= 4 is 15.9 Å². The molecule has 0 aliphatic heterocycles. The van der Waals surface area contributed by atoms with E-state index in [1.165, 1.54) is 0 Å². The molecule has 3 nitrogen and oxygen atoms in total. The summed E-state index contributed by atoms with van der Waals surface area (Å²) in [5.74, 6) is 0. The van der Waals surface area contributed by atoms with Gasteiger partial charge in [0, 0.05) is 0 Å². The van der Waals surface area contributed by atoms with Crippen molar-refractivity contribution in [1.82, 2.24) is 9.78 Å². The Bertz CT molecular complexity index is 368. The number of aryl methyl sites for hydroxylation is 1. The van der Waals surface area contributed by atoms with Gasteiger partial charge in [-0.15, -0.1) is 0 Å². The smallest absolute Gasteiger partial charge is 0.267 e. The molecule has 4 heteroatoms. The first kappa shape index (κ1) is 7.98. The molecule has 1 saturated carbocycles. The fourth-order valence-corrected chi connectivity index (χ4v) is 1.68. The molecule has 1 aliphatic carbocycles. The van der Waals surface area contributed by atoms with Crippen molar-refractivity contribution in [2.45, 2.75) is 25.8 Å². The Hall–Kier alpha value is -0.640. The van der Waals surface area contributed by atoms with Crippen LogP contribution in [0.25, 0.3) is 0 Å². The van der Waals surface area contributed by atoms with E-state index in [4.69, 9.17) is 0 Å². The van der Waals surface area contributed by atoms with Crippen LogP contribution in [0.3, 0.4) is 0 Å². The molecule has 2 rings (SSSR count). The number of rotatable bonds is 1. The number of halogens is 1. The van der Waals surface area contributed by atoms with E-state index in [0.29, 0.717) is 10.5 Å². The highest BCUT2D eigenvalue weighted by atomic mass is 79.9. The molecule has 0 bridgehead atoms. The Morgan fingerprint density at radius 2 is 2.33 bits per heavy atom. The van der Waals surface area contributed by atoms with Crippen molar-refractivity contribution in [3.8, 4) is 0 Å². The topological polar surface area (TPSA) is 34.9 Å². The van der Waals surface area contributed by atoms with Crippen molar-refractivity contribution in [3.05, 3.63) is 26.6 Å². The van der Waals surface area contributed by atoms with Gasteiger partial charge in [0.1, 0.15) is 0 Å². The van der Waals surface area contributed by atoms with Gasteiger partial charge in [0.25, 0.3) is 5.56 Å². The molecule has 1 fully saturated rings. The summed E-state index contributed by atoms with van der Waals surface area (Å²) in [5.41, 5.74) is 0.872. The van der Waals surface area contributed by atoms with Gasteiger partial charge in [-0.25, -0.2) is 4.68 Å². The van der Waals surface area contributed by atoms with E-state index in [1.54, 1.807) is 10.7 Å². The zero-order valence-electron chi connectivity index (χ0n) is 6.75. The normalized spacial score (nSPS) is 16.5. The predicted octanol–water partition coefficient (Wildman–Crippen LogP) is 1.65. The van der Waals surface area contributed by atoms with Gasteiger partial charge in [-0.1, -0.05) is 0 Å². The molecule has 0 atom stereocenters. The van der Waals surface area contributed by atoms with E-state index >= 15 is 0 Å². The summed E-state index contributed by atoms with van der Waals surface area (Å²) in [6.07, 6.45) is 2.17. The minimum Gasteiger partial charge on any atom is -0.267 e. The van der Waals surface area contributed by atoms with Crippen LogP contribution in [0, 0.1) is 6.92 Å². The van der Waals surface area contributed by atoms with Crippen LogP contribution in [-0.4, -0.2) is 9.78 Å². The number of hydrogen-bond donors (Lipinski definition) is 0.